The number of aromatic nitrogens is 2. The van der Waals surface area contributed by atoms with E-state index in [-0.39, 0.29) is 6.61 Å². The molecule has 0 aromatic carbocycles. The van der Waals surface area contributed by atoms with Gasteiger partial charge >= 0.3 is 11.9 Å². The number of hydrogen-bond donors (Lipinski definition) is 1. The minimum Gasteiger partial charge on any atom is -0.459 e. The highest BCUT2D eigenvalue weighted by Crippen LogP contribution is 2.22. The Hall–Kier alpha value is -2.28. The molecule has 1 N–H and O–H groups in total. The molecular formula is C12H11N3O3S. The summed E-state index contributed by atoms with van der Waals surface area (Å²) in [6, 6.07) is 5.46. The van der Waals surface area contributed by atoms with E-state index in [0.29, 0.717) is 16.5 Å². The van der Waals surface area contributed by atoms with Crippen molar-refractivity contribution in [2.24, 2.45) is 0 Å². The Morgan fingerprint density at radius 3 is 2.89 bits per heavy atom. The zero-order chi connectivity index (χ0) is 13.7. The van der Waals surface area contributed by atoms with Crippen molar-refractivity contribution < 1.29 is 14.3 Å². The van der Waals surface area contributed by atoms with Crippen LogP contribution in [-0.2, 0) is 14.3 Å². The third-order valence-electron chi connectivity index (χ3n) is 2.11. The van der Waals surface area contributed by atoms with E-state index >= 15 is 0 Å². The Morgan fingerprint density at radius 1 is 1.37 bits per heavy atom. The van der Waals surface area contributed by atoms with E-state index in [1.807, 2.05) is 12.1 Å². The summed E-state index contributed by atoms with van der Waals surface area (Å²) in [7, 11) is 0. The van der Waals surface area contributed by atoms with Crippen LogP contribution in [0, 0.1) is 0 Å². The maximum atomic E-state index is 11.4. The number of amides is 1. The summed E-state index contributed by atoms with van der Waals surface area (Å²) < 4.78 is 4.58. The van der Waals surface area contributed by atoms with Crippen LogP contribution in [0.5, 0.6) is 0 Å². The first kappa shape index (κ1) is 13.2. The molecule has 0 fully saturated rings. The van der Waals surface area contributed by atoms with E-state index in [1.54, 1.807) is 24.6 Å². The molecule has 0 aliphatic rings. The molecule has 0 aliphatic carbocycles. The Morgan fingerprint density at radius 2 is 2.21 bits per heavy atom. The van der Waals surface area contributed by atoms with Crippen LogP contribution >= 0.6 is 11.3 Å². The van der Waals surface area contributed by atoms with Gasteiger partial charge in [0.15, 0.2) is 5.13 Å². The number of hydrogen-bond acceptors (Lipinski definition) is 6. The first-order valence-corrected chi connectivity index (χ1v) is 6.43. The molecule has 2 rings (SSSR count). The number of ether oxygens (including phenoxy) is 1. The standard InChI is InChI=1S/C12H11N3O3S/c1-2-18-11(17)10(16)15-12-14-9(7-19-12)8-5-3-4-6-13-8/h3-7H,2H2,1H3,(H,14,15,16). The quantitative estimate of drug-likeness (QED) is 0.682. The number of carbonyl (C=O) groups excluding carboxylic acids is 2. The van der Waals surface area contributed by atoms with Gasteiger partial charge in [0.2, 0.25) is 0 Å². The maximum Gasteiger partial charge on any atom is 0.397 e. The predicted molar refractivity (Wildman–Crippen MR) is 70.6 cm³/mol. The van der Waals surface area contributed by atoms with Crippen molar-refractivity contribution >= 4 is 28.3 Å². The number of pyridine rings is 1. The first-order chi connectivity index (χ1) is 9.20. The van der Waals surface area contributed by atoms with Gasteiger partial charge in [0.05, 0.1) is 12.3 Å². The molecule has 6 nitrogen and oxygen atoms in total. The van der Waals surface area contributed by atoms with Crippen LogP contribution in [0.25, 0.3) is 11.4 Å². The molecule has 7 heteroatoms. The second-order valence-corrected chi connectivity index (χ2v) is 4.29. The largest absolute Gasteiger partial charge is 0.459 e. The molecule has 0 bridgehead atoms. The molecular weight excluding hydrogens is 266 g/mol. The number of esters is 1. The lowest BCUT2D eigenvalue weighted by atomic mass is 10.3. The minimum absolute atomic E-state index is 0.156. The molecule has 1 amide bonds. The summed E-state index contributed by atoms with van der Waals surface area (Å²) in [5.41, 5.74) is 1.35. The zero-order valence-corrected chi connectivity index (χ0v) is 10.9. The summed E-state index contributed by atoms with van der Waals surface area (Å²) >= 11 is 1.22. The lowest BCUT2D eigenvalue weighted by Crippen LogP contribution is -2.24. The average molecular weight is 277 g/mol. The number of nitrogens with one attached hydrogen (secondary N) is 1. The van der Waals surface area contributed by atoms with E-state index in [4.69, 9.17) is 0 Å². The van der Waals surface area contributed by atoms with Crippen LogP contribution in [0.4, 0.5) is 5.13 Å². The van der Waals surface area contributed by atoms with Crippen LogP contribution < -0.4 is 5.32 Å². The van der Waals surface area contributed by atoms with Gasteiger partial charge in [0, 0.05) is 11.6 Å². The number of anilines is 1. The second kappa shape index (κ2) is 6.05. The van der Waals surface area contributed by atoms with E-state index < -0.39 is 11.9 Å². The topological polar surface area (TPSA) is 81.2 Å². The fraction of sp³-hybridized carbons (Fsp3) is 0.167. The van der Waals surface area contributed by atoms with Gasteiger partial charge in [0.25, 0.3) is 0 Å². The molecule has 0 spiro atoms. The lowest BCUT2D eigenvalue weighted by Gasteiger charge is -2.00. The lowest BCUT2D eigenvalue weighted by molar-refractivity contribution is -0.152. The van der Waals surface area contributed by atoms with Crippen molar-refractivity contribution in [1.82, 2.24) is 9.97 Å². The van der Waals surface area contributed by atoms with Gasteiger partial charge in [-0.25, -0.2) is 9.78 Å². The third kappa shape index (κ3) is 3.35. The molecule has 2 aromatic rings. The van der Waals surface area contributed by atoms with Crippen LogP contribution in [0.3, 0.4) is 0 Å². The van der Waals surface area contributed by atoms with E-state index in [9.17, 15) is 9.59 Å². The number of rotatable bonds is 3. The number of carbonyl (C=O) groups is 2. The fourth-order valence-corrected chi connectivity index (χ4v) is 2.01. The summed E-state index contributed by atoms with van der Waals surface area (Å²) in [6.45, 7) is 1.79. The Kier molecular flexibility index (Phi) is 4.19. The highest BCUT2D eigenvalue weighted by Gasteiger charge is 2.16. The number of thiazole rings is 1. The minimum atomic E-state index is -0.919. The van der Waals surface area contributed by atoms with Gasteiger partial charge in [-0.2, -0.15) is 0 Å². The molecule has 19 heavy (non-hydrogen) atoms. The van der Waals surface area contributed by atoms with Crippen molar-refractivity contribution in [3.8, 4) is 11.4 Å². The summed E-state index contributed by atoms with van der Waals surface area (Å²) in [4.78, 5) is 30.9. The Labute approximate surface area is 113 Å². The Balaban J connectivity index is 2.06. The van der Waals surface area contributed by atoms with Crippen molar-refractivity contribution in [3.05, 3.63) is 29.8 Å². The van der Waals surface area contributed by atoms with Gasteiger partial charge < -0.3 is 4.74 Å². The zero-order valence-electron chi connectivity index (χ0n) is 10.1. The third-order valence-corrected chi connectivity index (χ3v) is 2.87. The molecule has 0 saturated heterocycles. The summed E-state index contributed by atoms with van der Waals surface area (Å²) in [6.07, 6.45) is 1.66. The van der Waals surface area contributed by atoms with Gasteiger partial charge in [-0.15, -0.1) is 11.3 Å². The van der Waals surface area contributed by atoms with E-state index in [0.717, 1.165) is 0 Å². The van der Waals surface area contributed by atoms with Gasteiger partial charge in [-0.3, -0.25) is 15.1 Å². The highest BCUT2D eigenvalue weighted by atomic mass is 32.1. The monoisotopic (exact) mass is 277 g/mol. The molecule has 2 heterocycles. The van der Waals surface area contributed by atoms with Crippen LogP contribution in [-0.4, -0.2) is 28.5 Å². The van der Waals surface area contributed by atoms with Crippen molar-refractivity contribution in [2.45, 2.75) is 6.92 Å². The van der Waals surface area contributed by atoms with E-state index in [1.165, 1.54) is 11.3 Å². The van der Waals surface area contributed by atoms with E-state index in [2.05, 4.69) is 20.0 Å². The molecule has 0 saturated carbocycles. The Bertz CT molecular complexity index is 583. The van der Waals surface area contributed by atoms with Crippen molar-refractivity contribution in [2.75, 3.05) is 11.9 Å². The van der Waals surface area contributed by atoms with Gasteiger partial charge in [-0.1, -0.05) is 6.07 Å². The molecule has 0 unspecified atom stereocenters. The van der Waals surface area contributed by atoms with Crippen LogP contribution in [0.1, 0.15) is 6.92 Å². The highest BCUT2D eigenvalue weighted by molar-refractivity contribution is 7.14. The van der Waals surface area contributed by atoms with Gasteiger partial charge in [0.1, 0.15) is 5.69 Å². The SMILES string of the molecule is CCOC(=O)C(=O)Nc1nc(-c2ccccn2)cs1. The molecule has 0 aliphatic heterocycles. The molecule has 0 radical (unpaired) electrons. The van der Waals surface area contributed by atoms with Crippen molar-refractivity contribution in [3.63, 3.8) is 0 Å². The summed E-state index contributed by atoms with van der Waals surface area (Å²) in [5, 5.41) is 4.47. The molecule has 0 atom stereocenters. The van der Waals surface area contributed by atoms with Crippen molar-refractivity contribution in [1.29, 1.82) is 0 Å². The van der Waals surface area contributed by atoms with Crippen LogP contribution in [0.15, 0.2) is 29.8 Å². The smallest absolute Gasteiger partial charge is 0.397 e. The van der Waals surface area contributed by atoms with Crippen LogP contribution in [0.2, 0.25) is 0 Å². The first-order valence-electron chi connectivity index (χ1n) is 5.55. The number of nitrogens with zero attached hydrogens (tertiary/aromatic N) is 2. The summed E-state index contributed by atoms with van der Waals surface area (Å²) in [5.74, 6) is -1.75. The molecule has 2 aromatic heterocycles. The maximum absolute atomic E-state index is 11.4. The average Bonchev–Trinajstić information content (AvgIpc) is 2.88. The predicted octanol–water partition coefficient (Wildman–Crippen LogP) is 1.71. The van der Waals surface area contributed by atoms with Gasteiger partial charge in [-0.05, 0) is 19.1 Å². The second-order valence-electron chi connectivity index (χ2n) is 3.43. The normalized spacial score (nSPS) is 9.95. The molecule has 98 valence electrons. The fourth-order valence-electron chi connectivity index (χ4n) is 1.31.